The van der Waals surface area contributed by atoms with Crippen molar-refractivity contribution in [1.82, 2.24) is 8.96 Å². The molecule has 0 unspecified atom stereocenters. The third-order valence-corrected chi connectivity index (χ3v) is 3.59. The Morgan fingerprint density at radius 2 is 1.88 bits per heavy atom. The summed E-state index contributed by atoms with van der Waals surface area (Å²) in [5.41, 5.74) is 2.02. The lowest BCUT2D eigenvalue weighted by Crippen LogP contribution is -2.10. The molecule has 1 aromatic heterocycles. The number of imidazole rings is 1. The van der Waals surface area contributed by atoms with E-state index >= 15 is 0 Å². The van der Waals surface area contributed by atoms with E-state index in [4.69, 9.17) is 0 Å². The molecule has 17 heavy (non-hydrogen) atoms. The summed E-state index contributed by atoms with van der Waals surface area (Å²) in [6.07, 6.45) is 5.07. The number of benzene rings is 1. The Kier molecular flexibility index (Phi) is 3.02. The van der Waals surface area contributed by atoms with Crippen LogP contribution < -0.4 is 0 Å². The number of aromatic nitrogens is 2. The van der Waals surface area contributed by atoms with Gasteiger partial charge >= 0.3 is 0 Å². The molecule has 0 saturated carbocycles. The van der Waals surface area contributed by atoms with Crippen molar-refractivity contribution in [3.63, 3.8) is 0 Å². The van der Waals surface area contributed by atoms with Gasteiger partial charge < -0.3 is 0 Å². The SMILES string of the molecule is CCc1ccc(-c2nccn2S(C)(=O)=O)cc1. The third-order valence-electron chi connectivity index (χ3n) is 2.59. The molecule has 90 valence electrons. The molecule has 4 nitrogen and oxygen atoms in total. The van der Waals surface area contributed by atoms with E-state index in [0.717, 1.165) is 12.0 Å². The molecule has 0 aliphatic carbocycles. The molecule has 1 heterocycles. The summed E-state index contributed by atoms with van der Waals surface area (Å²) >= 11 is 0. The van der Waals surface area contributed by atoms with Crippen LogP contribution in [0.2, 0.25) is 0 Å². The summed E-state index contributed by atoms with van der Waals surface area (Å²) in [5, 5.41) is 0. The average molecular weight is 250 g/mol. The van der Waals surface area contributed by atoms with Crippen LogP contribution in [-0.2, 0) is 16.4 Å². The molecular weight excluding hydrogens is 236 g/mol. The standard InChI is InChI=1S/C12H14N2O2S/c1-3-10-4-6-11(7-5-10)12-13-8-9-14(12)17(2,15)16/h4-9H,3H2,1-2H3. The molecule has 0 spiro atoms. The van der Waals surface area contributed by atoms with Gasteiger partial charge in [0.05, 0.1) is 6.26 Å². The number of rotatable bonds is 3. The smallest absolute Gasteiger partial charge is 0.236 e. The molecule has 0 amide bonds. The van der Waals surface area contributed by atoms with Crippen LogP contribution in [0.15, 0.2) is 36.7 Å². The zero-order valence-electron chi connectivity index (χ0n) is 9.79. The van der Waals surface area contributed by atoms with Gasteiger partial charge in [0.2, 0.25) is 10.0 Å². The summed E-state index contributed by atoms with van der Waals surface area (Å²) < 4.78 is 24.3. The Hall–Kier alpha value is -1.62. The van der Waals surface area contributed by atoms with E-state index in [9.17, 15) is 8.42 Å². The second kappa shape index (κ2) is 4.33. The highest BCUT2D eigenvalue weighted by molar-refractivity contribution is 7.89. The quantitative estimate of drug-likeness (QED) is 0.836. The maximum Gasteiger partial charge on any atom is 0.237 e. The Balaban J connectivity index is 2.50. The molecule has 2 rings (SSSR count). The van der Waals surface area contributed by atoms with Crippen LogP contribution in [0.5, 0.6) is 0 Å². The Bertz CT molecular complexity index is 612. The van der Waals surface area contributed by atoms with Crippen LogP contribution in [0.4, 0.5) is 0 Å². The van der Waals surface area contributed by atoms with Crippen molar-refractivity contribution in [2.45, 2.75) is 13.3 Å². The molecule has 0 radical (unpaired) electrons. The number of nitrogens with zero attached hydrogens (tertiary/aromatic N) is 2. The van der Waals surface area contributed by atoms with Gasteiger partial charge in [0.1, 0.15) is 0 Å². The lowest BCUT2D eigenvalue weighted by atomic mass is 10.1. The van der Waals surface area contributed by atoms with Crippen LogP contribution in [0.3, 0.4) is 0 Å². The van der Waals surface area contributed by atoms with Gasteiger partial charge in [-0.2, -0.15) is 0 Å². The molecule has 0 aliphatic heterocycles. The highest BCUT2D eigenvalue weighted by Crippen LogP contribution is 2.19. The van der Waals surface area contributed by atoms with Crippen molar-refractivity contribution in [3.8, 4) is 11.4 Å². The highest BCUT2D eigenvalue weighted by Gasteiger charge is 2.12. The minimum atomic E-state index is -3.30. The Morgan fingerprint density at radius 1 is 1.24 bits per heavy atom. The van der Waals surface area contributed by atoms with Gasteiger partial charge in [0.25, 0.3) is 0 Å². The topological polar surface area (TPSA) is 52.0 Å². The summed E-state index contributed by atoms with van der Waals surface area (Å²) in [6, 6.07) is 7.75. The van der Waals surface area contributed by atoms with Crippen molar-refractivity contribution < 1.29 is 8.42 Å². The van der Waals surface area contributed by atoms with E-state index in [1.807, 2.05) is 24.3 Å². The first kappa shape index (κ1) is 11.9. The predicted molar refractivity (Wildman–Crippen MR) is 67.3 cm³/mol. The molecule has 0 N–H and O–H groups in total. The van der Waals surface area contributed by atoms with Crippen LogP contribution in [0, 0.1) is 0 Å². The van der Waals surface area contributed by atoms with Crippen molar-refractivity contribution >= 4 is 10.0 Å². The lowest BCUT2D eigenvalue weighted by molar-refractivity contribution is 0.594. The van der Waals surface area contributed by atoms with E-state index in [0.29, 0.717) is 5.82 Å². The average Bonchev–Trinajstić information content (AvgIpc) is 2.78. The van der Waals surface area contributed by atoms with Gasteiger partial charge in [-0.1, -0.05) is 31.2 Å². The van der Waals surface area contributed by atoms with Crippen molar-refractivity contribution in [2.75, 3.05) is 6.26 Å². The molecule has 0 atom stereocenters. The van der Waals surface area contributed by atoms with Gasteiger partial charge in [-0.05, 0) is 12.0 Å². The summed E-state index contributed by atoms with van der Waals surface area (Å²) in [6.45, 7) is 2.08. The molecule has 0 saturated heterocycles. The first-order valence-corrected chi connectivity index (χ1v) is 7.20. The summed E-state index contributed by atoms with van der Waals surface area (Å²) in [5.74, 6) is 0.454. The largest absolute Gasteiger partial charge is 0.237 e. The predicted octanol–water partition coefficient (Wildman–Crippen LogP) is 1.92. The number of aryl methyl sites for hydroxylation is 1. The second-order valence-corrected chi connectivity index (χ2v) is 5.72. The van der Waals surface area contributed by atoms with Gasteiger partial charge in [-0.15, -0.1) is 0 Å². The Labute approximate surface area is 101 Å². The molecule has 1 aromatic carbocycles. The molecular formula is C12H14N2O2S. The fourth-order valence-corrected chi connectivity index (χ4v) is 2.39. The minimum Gasteiger partial charge on any atom is -0.236 e. The van der Waals surface area contributed by atoms with Gasteiger partial charge in [0.15, 0.2) is 5.82 Å². The van der Waals surface area contributed by atoms with Crippen LogP contribution in [-0.4, -0.2) is 23.6 Å². The molecule has 2 aromatic rings. The third kappa shape index (κ3) is 2.39. The van der Waals surface area contributed by atoms with Crippen molar-refractivity contribution in [2.24, 2.45) is 0 Å². The second-order valence-electron chi connectivity index (χ2n) is 3.86. The summed E-state index contributed by atoms with van der Waals surface area (Å²) in [7, 11) is -3.30. The first-order chi connectivity index (χ1) is 8.02. The van der Waals surface area contributed by atoms with Crippen molar-refractivity contribution in [1.29, 1.82) is 0 Å². The first-order valence-electron chi connectivity index (χ1n) is 5.35. The van der Waals surface area contributed by atoms with E-state index in [-0.39, 0.29) is 0 Å². The van der Waals surface area contributed by atoms with Gasteiger partial charge in [0, 0.05) is 18.0 Å². The number of hydrogen-bond acceptors (Lipinski definition) is 3. The van der Waals surface area contributed by atoms with E-state index in [2.05, 4.69) is 11.9 Å². The zero-order valence-corrected chi connectivity index (χ0v) is 10.6. The number of hydrogen-bond donors (Lipinski definition) is 0. The monoisotopic (exact) mass is 250 g/mol. The fourth-order valence-electron chi connectivity index (χ4n) is 1.65. The van der Waals surface area contributed by atoms with Gasteiger partial charge in [-0.3, -0.25) is 0 Å². The molecule has 5 heteroatoms. The van der Waals surface area contributed by atoms with E-state index in [1.165, 1.54) is 28.2 Å². The lowest BCUT2D eigenvalue weighted by Gasteiger charge is -2.05. The maximum absolute atomic E-state index is 11.5. The normalized spacial score (nSPS) is 11.6. The summed E-state index contributed by atoms with van der Waals surface area (Å²) in [4.78, 5) is 4.09. The molecule has 0 fully saturated rings. The van der Waals surface area contributed by atoms with Crippen LogP contribution >= 0.6 is 0 Å². The highest BCUT2D eigenvalue weighted by atomic mass is 32.2. The maximum atomic E-state index is 11.5. The fraction of sp³-hybridized carbons (Fsp3) is 0.250. The minimum absolute atomic E-state index is 0.454. The van der Waals surface area contributed by atoms with Crippen molar-refractivity contribution in [3.05, 3.63) is 42.2 Å². The Morgan fingerprint density at radius 3 is 2.41 bits per heavy atom. The van der Waals surface area contributed by atoms with Gasteiger partial charge in [-0.25, -0.2) is 17.4 Å². The van der Waals surface area contributed by atoms with E-state index < -0.39 is 10.0 Å². The molecule has 0 aliphatic rings. The van der Waals surface area contributed by atoms with Crippen LogP contribution in [0.25, 0.3) is 11.4 Å². The van der Waals surface area contributed by atoms with Crippen LogP contribution in [0.1, 0.15) is 12.5 Å². The zero-order chi connectivity index (χ0) is 12.5. The molecule has 0 bridgehead atoms. The van der Waals surface area contributed by atoms with E-state index in [1.54, 1.807) is 0 Å².